The summed E-state index contributed by atoms with van der Waals surface area (Å²) in [4.78, 5) is 2.35. The van der Waals surface area contributed by atoms with Crippen molar-refractivity contribution >= 4 is 27.8 Å². The summed E-state index contributed by atoms with van der Waals surface area (Å²) >= 11 is 0. The average molecular weight is 716 g/mol. The molecule has 0 amide bonds. The molecule has 10 rings (SSSR count). The molecule has 0 atom stereocenters. The van der Waals surface area contributed by atoms with Crippen LogP contribution < -0.4 is 4.90 Å². The van der Waals surface area contributed by atoms with Crippen molar-refractivity contribution in [3.05, 3.63) is 223 Å². The van der Waals surface area contributed by atoms with Crippen LogP contribution in [0.3, 0.4) is 0 Å². The Hall–Kier alpha value is -6.96. The molecule has 0 fully saturated rings. The van der Waals surface area contributed by atoms with Gasteiger partial charge in [0.05, 0.1) is 0 Å². The van der Waals surface area contributed by atoms with Crippen LogP contribution in [0.4, 0.5) is 17.1 Å². The van der Waals surface area contributed by atoms with E-state index in [2.05, 4.69) is 231 Å². The highest BCUT2D eigenvalue weighted by Gasteiger charge is 2.34. The predicted molar refractivity (Wildman–Crippen MR) is 238 cm³/mol. The lowest BCUT2D eigenvalue weighted by Gasteiger charge is -2.36. The van der Waals surface area contributed by atoms with Crippen molar-refractivity contribution in [2.24, 2.45) is 0 Å². The van der Waals surface area contributed by atoms with Crippen LogP contribution in [-0.2, 0) is 5.41 Å². The van der Waals surface area contributed by atoms with Crippen molar-refractivity contribution in [3.63, 3.8) is 0 Å². The first-order valence-electron chi connectivity index (χ1n) is 19.5. The van der Waals surface area contributed by atoms with Crippen LogP contribution in [0.2, 0.25) is 0 Å². The van der Waals surface area contributed by atoms with Gasteiger partial charge in [-0.05, 0) is 120 Å². The smallest absolute Gasteiger partial charge is 0.0462 e. The number of rotatable bonds is 7. The Balaban J connectivity index is 1.06. The van der Waals surface area contributed by atoms with Gasteiger partial charge in [0.1, 0.15) is 0 Å². The Bertz CT molecular complexity index is 2740. The zero-order valence-corrected chi connectivity index (χ0v) is 31.7. The van der Waals surface area contributed by atoms with E-state index in [1.54, 1.807) is 0 Å². The first-order valence-corrected chi connectivity index (χ1v) is 19.5. The summed E-state index contributed by atoms with van der Waals surface area (Å²) in [5, 5.41) is 2.66. The quantitative estimate of drug-likeness (QED) is 0.159. The summed E-state index contributed by atoms with van der Waals surface area (Å²) in [6.07, 6.45) is 0. The molecular formula is C55H41N. The first kappa shape index (κ1) is 33.6. The van der Waals surface area contributed by atoms with Gasteiger partial charge in [-0.1, -0.05) is 184 Å². The second-order valence-electron chi connectivity index (χ2n) is 15.4. The minimum atomic E-state index is -0.133. The van der Waals surface area contributed by atoms with Crippen LogP contribution >= 0.6 is 0 Å². The van der Waals surface area contributed by atoms with E-state index in [1.165, 1.54) is 77.5 Å². The number of benzene rings is 9. The number of anilines is 3. The third-order valence-electron chi connectivity index (χ3n) is 11.7. The Labute approximate surface area is 329 Å². The van der Waals surface area contributed by atoms with Gasteiger partial charge in [0.25, 0.3) is 0 Å². The highest BCUT2D eigenvalue weighted by Crippen LogP contribution is 2.52. The molecule has 1 heteroatoms. The van der Waals surface area contributed by atoms with Crippen LogP contribution in [0.15, 0.2) is 212 Å². The van der Waals surface area contributed by atoms with Crippen molar-refractivity contribution in [2.75, 3.05) is 4.90 Å². The highest BCUT2D eigenvalue weighted by molar-refractivity contribution is 6.09. The van der Waals surface area contributed by atoms with E-state index in [4.69, 9.17) is 0 Å². The molecule has 0 radical (unpaired) electrons. The Morgan fingerprint density at radius 1 is 0.321 bits per heavy atom. The lowest BCUT2D eigenvalue weighted by atomic mass is 9.67. The van der Waals surface area contributed by atoms with Gasteiger partial charge in [-0.25, -0.2) is 0 Å². The summed E-state index contributed by atoms with van der Waals surface area (Å²) < 4.78 is 0. The van der Waals surface area contributed by atoms with Crippen molar-refractivity contribution in [1.82, 2.24) is 0 Å². The second-order valence-corrected chi connectivity index (χ2v) is 15.4. The van der Waals surface area contributed by atoms with Gasteiger partial charge in [0, 0.05) is 22.5 Å². The maximum Gasteiger partial charge on any atom is 0.0462 e. The minimum Gasteiger partial charge on any atom is -0.311 e. The zero-order valence-electron chi connectivity index (χ0n) is 31.7. The maximum absolute atomic E-state index is 2.44. The molecule has 0 bridgehead atoms. The van der Waals surface area contributed by atoms with E-state index in [1.807, 2.05) is 0 Å². The second kappa shape index (κ2) is 13.7. The molecule has 56 heavy (non-hydrogen) atoms. The Morgan fingerprint density at radius 3 is 1.29 bits per heavy atom. The fourth-order valence-electron chi connectivity index (χ4n) is 8.78. The Kier molecular flexibility index (Phi) is 8.23. The molecule has 1 aliphatic carbocycles. The van der Waals surface area contributed by atoms with Gasteiger partial charge >= 0.3 is 0 Å². The van der Waals surface area contributed by atoms with Gasteiger partial charge in [-0.15, -0.1) is 0 Å². The third kappa shape index (κ3) is 5.81. The van der Waals surface area contributed by atoms with Crippen molar-refractivity contribution in [1.29, 1.82) is 0 Å². The molecule has 1 aliphatic rings. The standard InChI is InChI=1S/C55H41N/c1-55(2)51-36-28-45(37-50(51)54-49(43-17-10-5-11-18-43)35-27-44-19-12-20-52(55)53(44)54)42-25-33-48(34-26-42)56(46-29-21-40(22-30-46)38-13-6-3-7-14-38)47-31-23-41(24-32-47)39-15-8-4-9-16-39/h3-37H,1-2H3. The van der Waals surface area contributed by atoms with Gasteiger partial charge in [-0.3, -0.25) is 0 Å². The fraction of sp³-hybridized carbons (Fsp3) is 0.0545. The molecule has 0 heterocycles. The molecule has 0 aliphatic heterocycles. The van der Waals surface area contributed by atoms with Gasteiger partial charge < -0.3 is 4.90 Å². The topological polar surface area (TPSA) is 3.24 Å². The molecule has 9 aromatic rings. The van der Waals surface area contributed by atoms with Crippen LogP contribution in [0.25, 0.3) is 66.4 Å². The van der Waals surface area contributed by atoms with Crippen LogP contribution in [0.5, 0.6) is 0 Å². The van der Waals surface area contributed by atoms with Gasteiger partial charge in [0.2, 0.25) is 0 Å². The summed E-state index contributed by atoms with van der Waals surface area (Å²) in [5.74, 6) is 0. The monoisotopic (exact) mass is 715 g/mol. The SMILES string of the molecule is CC1(C)c2ccc(-c3ccc(N(c4ccc(-c5ccccc5)cc4)c4ccc(-c5ccccc5)cc4)cc3)cc2-c2c(-c3ccccc3)ccc3cccc1c23. The van der Waals surface area contributed by atoms with Crippen molar-refractivity contribution < 1.29 is 0 Å². The number of hydrogen-bond acceptors (Lipinski definition) is 1. The van der Waals surface area contributed by atoms with E-state index >= 15 is 0 Å². The number of fused-ring (bicyclic) bond motifs is 2. The van der Waals surface area contributed by atoms with E-state index in [0.717, 1.165) is 17.1 Å². The molecule has 0 N–H and O–H groups in total. The highest BCUT2D eigenvalue weighted by atomic mass is 15.1. The zero-order chi connectivity index (χ0) is 37.6. The van der Waals surface area contributed by atoms with Crippen molar-refractivity contribution in [2.45, 2.75) is 19.3 Å². The van der Waals surface area contributed by atoms with Crippen LogP contribution in [-0.4, -0.2) is 0 Å². The lowest BCUT2D eigenvalue weighted by molar-refractivity contribution is 0.645. The molecule has 0 unspecified atom stereocenters. The molecular weight excluding hydrogens is 675 g/mol. The Morgan fingerprint density at radius 2 is 0.768 bits per heavy atom. The summed E-state index contributed by atoms with van der Waals surface area (Å²) in [6.45, 7) is 4.75. The largest absolute Gasteiger partial charge is 0.311 e. The maximum atomic E-state index is 2.44. The fourth-order valence-corrected chi connectivity index (χ4v) is 8.78. The van der Waals surface area contributed by atoms with Gasteiger partial charge in [-0.2, -0.15) is 0 Å². The minimum absolute atomic E-state index is 0.133. The lowest BCUT2D eigenvalue weighted by Crippen LogP contribution is -2.24. The van der Waals surface area contributed by atoms with Crippen LogP contribution in [0.1, 0.15) is 25.0 Å². The molecule has 0 aromatic heterocycles. The van der Waals surface area contributed by atoms with E-state index in [0.29, 0.717) is 0 Å². The molecule has 1 nitrogen and oxygen atoms in total. The molecule has 0 saturated carbocycles. The van der Waals surface area contributed by atoms with Crippen LogP contribution in [0, 0.1) is 0 Å². The third-order valence-corrected chi connectivity index (χ3v) is 11.7. The molecule has 9 aromatic carbocycles. The molecule has 0 spiro atoms. The van der Waals surface area contributed by atoms with E-state index in [-0.39, 0.29) is 5.41 Å². The number of hydrogen-bond donors (Lipinski definition) is 0. The summed E-state index contributed by atoms with van der Waals surface area (Å²) in [7, 11) is 0. The first-order chi connectivity index (χ1) is 27.5. The van der Waals surface area contributed by atoms with E-state index < -0.39 is 0 Å². The summed E-state index contributed by atoms with van der Waals surface area (Å²) in [6, 6.07) is 77.4. The average Bonchev–Trinajstić information content (AvgIpc) is 3.27. The van der Waals surface area contributed by atoms with E-state index in [9.17, 15) is 0 Å². The normalized spacial score (nSPS) is 12.6. The number of nitrogens with zero attached hydrogens (tertiary/aromatic N) is 1. The van der Waals surface area contributed by atoms with Gasteiger partial charge in [0.15, 0.2) is 0 Å². The molecule has 0 saturated heterocycles. The molecule has 266 valence electrons. The predicted octanol–water partition coefficient (Wildman–Crippen LogP) is 15.3. The summed E-state index contributed by atoms with van der Waals surface area (Å²) in [5.41, 5.74) is 18.4. The van der Waals surface area contributed by atoms with Crippen molar-refractivity contribution in [3.8, 4) is 55.6 Å².